The monoisotopic (exact) mass is 422 g/mol. The maximum Gasteiger partial charge on any atom is 0.257 e. The van der Waals surface area contributed by atoms with Crippen molar-refractivity contribution >= 4 is 0 Å². The highest BCUT2D eigenvalue weighted by Crippen LogP contribution is 2.35. The third-order valence-electron chi connectivity index (χ3n) is 7.02. The van der Waals surface area contributed by atoms with Crippen molar-refractivity contribution in [2.24, 2.45) is 0 Å². The van der Waals surface area contributed by atoms with Gasteiger partial charge in [0, 0.05) is 69.4 Å². The zero-order chi connectivity index (χ0) is 21.5. The predicted octanol–water partition coefficient (Wildman–Crippen LogP) is 3.23. The summed E-state index contributed by atoms with van der Waals surface area (Å²) < 4.78 is 50.2. The van der Waals surface area contributed by atoms with Crippen molar-refractivity contribution in [1.29, 1.82) is 0 Å². The van der Waals surface area contributed by atoms with Crippen LogP contribution >= 0.6 is 0 Å². The van der Waals surface area contributed by atoms with Crippen LogP contribution in [0, 0.1) is 0 Å². The number of fused-ring (bicyclic) bond motifs is 4. The van der Waals surface area contributed by atoms with Crippen LogP contribution in [0.4, 0.5) is 17.6 Å². The maximum atomic E-state index is 12.9. The first kappa shape index (κ1) is 23.2. The summed E-state index contributed by atoms with van der Waals surface area (Å²) in [5, 5.41) is 0. The summed E-state index contributed by atoms with van der Waals surface area (Å²) in [5.41, 5.74) is 0. The number of hydrogen-bond acceptors (Lipinski definition) is 4. The highest BCUT2D eigenvalue weighted by atomic mass is 19.3. The normalized spacial score (nSPS) is 33.5. The Bertz CT molecular complexity index is 515. The fourth-order valence-electron chi connectivity index (χ4n) is 5.32. The standard InChI is InChI=1S/C11H20F2N2.C10H18F2N2/c1-8(2)14-5-9-4-10(6-14)15(9)7-11(3,12)13;1-7(2)13-4-8-3-9(5-13)14(8)6-10(11)12/h8-10H,4-7H2,1-3H3;7-10H,3-6H2,1-2H3. The molecule has 4 bridgehead atoms. The number of piperidine rings is 2. The smallest absolute Gasteiger partial charge is 0.257 e. The van der Waals surface area contributed by atoms with Crippen LogP contribution in [0.15, 0.2) is 0 Å². The van der Waals surface area contributed by atoms with E-state index < -0.39 is 12.3 Å². The van der Waals surface area contributed by atoms with Crippen LogP contribution in [0.2, 0.25) is 0 Å². The molecule has 6 heterocycles. The second-order valence-electron chi connectivity index (χ2n) is 10.0. The van der Waals surface area contributed by atoms with Gasteiger partial charge in [-0.05, 0) is 40.5 Å². The van der Waals surface area contributed by atoms with Gasteiger partial charge in [-0.1, -0.05) is 0 Å². The van der Waals surface area contributed by atoms with Gasteiger partial charge in [-0.3, -0.25) is 19.6 Å². The Labute approximate surface area is 173 Å². The molecule has 0 spiro atoms. The van der Waals surface area contributed by atoms with E-state index in [0.29, 0.717) is 36.3 Å². The third kappa shape index (κ3) is 5.63. The van der Waals surface area contributed by atoms with Crippen molar-refractivity contribution < 1.29 is 17.6 Å². The molecule has 4 nitrogen and oxygen atoms in total. The molecule has 4 unspecified atom stereocenters. The molecule has 0 amide bonds. The lowest BCUT2D eigenvalue weighted by Crippen LogP contribution is -2.70. The van der Waals surface area contributed by atoms with Gasteiger partial charge in [0.15, 0.2) is 0 Å². The van der Waals surface area contributed by atoms with E-state index in [0.717, 1.165) is 45.9 Å². The van der Waals surface area contributed by atoms with Crippen molar-refractivity contribution in [3.05, 3.63) is 0 Å². The summed E-state index contributed by atoms with van der Waals surface area (Å²) in [7, 11) is 0. The minimum atomic E-state index is -2.54. The van der Waals surface area contributed by atoms with Crippen LogP contribution in [-0.4, -0.2) is 107 Å². The Kier molecular flexibility index (Phi) is 7.18. The SMILES string of the molecule is CC(C)N1CC2CC(C1)N2CC(C)(F)F.CC(C)N1CC2CC(C1)N2CC(F)F. The predicted molar refractivity (Wildman–Crippen MR) is 108 cm³/mol. The van der Waals surface area contributed by atoms with Crippen molar-refractivity contribution in [1.82, 2.24) is 19.6 Å². The van der Waals surface area contributed by atoms with E-state index in [1.54, 1.807) is 0 Å². The molecule has 0 aromatic carbocycles. The Balaban J connectivity index is 0.000000166. The van der Waals surface area contributed by atoms with E-state index in [9.17, 15) is 17.6 Å². The molecule has 0 aliphatic carbocycles. The molecule has 0 aromatic heterocycles. The average Bonchev–Trinajstić information content (AvgIpc) is 2.64. The van der Waals surface area contributed by atoms with Crippen molar-refractivity contribution in [2.45, 2.75) is 96.1 Å². The minimum Gasteiger partial charge on any atom is -0.298 e. The molecule has 29 heavy (non-hydrogen) atoms. The van der Waals surface area contributed by atoms with Gasteiger partial charge in [0.05, 0.1) is 13.1 Å². The fraction of sp³-hybridized carbons (Fsp3) is 1.00. The Hall–Kier alpha value is -0.440. The lowest BCUT2D eigenvalue weighted by Gasteiger charge is -2.57. The lowest BCUT2D eigenvalue weighted by atomic mass is 9.86. The molecule has 6 saturated heterocycles. The first-order valence-corrected chi connectivity index (χ1v) is 11.1. The van der Waals surface area contributed by atoms with Crippen molar-refractivity contribution in [3.63, 3.8) is 0 Å². The second-order valence-corrected chi connectivity index (χ2v) is 10.0. The number of rotatable bonds is 6. The number of alkyl halides is 4. The Morgan fingerprint density at radius 3 is 1.45 bits per heavy atom. The van der Waals surface area contributed by atoms with E-state index in [-0.39, 0.29) is 13.1 Å². The Morgan fingerprint density at radius 2 is 1.14 bits per heavy atom. The quantitative estimate of drug-likeness (QED) is 0.610. The summed E-state index contributed by atoms with van der Waals surface area (Å²) in [6.45, 7) is 13.5. The first-order chi connectivity index (χ1) is 13.4. The summed E-state index contributed by atoms with van der Waals surface area (Å²) in [5.74, 6) is -2.54. The van der Waals surface area contributed by atoms with Crippen LogP contribution in [0.3, 0.4) is 0 Å². The molecule has 6 fully saturated rings. The summed E-state index contributed by atoms with van der Waals surface area (Å²) in [6.07, 6.45) is 0.0563. The molecule has 6 aliphatic heterocycles. The van der Waals surface area contributed by atoms with E-state index in [2.05, 4.69) is 37.5 Å². The molecular weight excluding hydrogens is 384 g/mol. The van der Waals surface area contributed by atoms with Crippen LogP contribution in [-0.2, 0) is 0 Å². The van der Waals surface area contributed by atoms with Crippen LogP contribution in [0.25, 0.3) is 0 Å². The van der Waals surface area contributed by atoms with Gasteiger partial charge in [-0.2, -0.15) is 0 Å². The second kappa shape index (κ2) is 8.97. The van der Waals surface area contributed by atoms with Gasteiger partial charge < -0.3 is 0 Å². The summed E-state index contributed by atoms with van der Waals surface area (Å²) in [6, 6.07) is 2.62. The largest absolute Gasteiger partial charge is 0.298 e. The average molecular weight is 423 g/mol. The van der Waals surface area contributed by atoms with Crippen molar-refractivity contribution in [3.8, 4) is 0 Å². The zero-order valence-corrected chi connectivity index (χ0v) is 18.5. The van der Waals surface area contributed by atoms with E-state index >= 15 is 0 Å². The lowest BCUT2D eigenvalue weighted by molar-refractivity contribution is -0.125. The number of halogens is 4. The topological polar surface area (TPSA) is 13.0 Å². The molecule has 0 saturated carbocycles. The van der Waals surface area contributed by atoms with Crippen molar-refractivity contribution in [2.75, 3.05) is 39.3 Å². The summed E-state index contributed by atoms with van der Waals surface area (Å²) >= 11 is 0. The van der Waals surface area contributed by atoms with Gasteiger partial charge in [-0.15, -0.1) is 0 Å². The van der Waals surface area contributed by atoms with Gasteiger partial charge in [0.1, 0.15) is 0 Å². The van der Waals surface area contributed by atoms with Gasteiger partial charge >= 0.3 is 0 Å². The van der Waals surface area contributed by atoms with Crippen LogP contribution in [0.5, 0.6) is 0 Å². The number of nitrogens with zero attached hydrogens (tertiary/aromatic N) is 4. The van der Waals surface area contributed by atoms with E-state index in [4.69, 9.17) is 0 Å². The Morgan fingerprint density at radius 1 is 0.759 bits per heavy atom. The third-order valence-corrected chi connectivity index (χ3v) is 7.02. The van der Waals surface area contributed by atoms with Gasteiger partial charge in [0.25, 0.3) is 12.3 Å². The molecule has 6 aliphatic rings. The number of hydrogen-bond donors (Lipinski definition) is 0. The van der Waals surface area contributed by atoms with E-state index in [1.165, 1.54) is 0 Å². The van der Waals surface area contributed by atoms with Gasteiger partial charge in [-0.25, -0.2) is 17.6 Å². The minimum absolute atomic E-state index is 0.0265. The van der Waals surface area contributed by atoms with E-state index in [1.807, 2.05) is 9.80 Å². The maximum absolute atomic E-state index is 12.9. The molecule has 8 heteroatoms. The van der Waals surface area contributed by atoms with Crippen LogP contribution < -0.4 is 0 Å². The summed E-state index contributed by atoms with van der Waals surface area (Å²) in [4.78, 5) is 8.74. The molecule has 6 rings (SSSR count). The molecular formula is C21H38F4N4. The number of piperazine rings is 2. The fourth-order valence-corrected chi connectivity index (χ4v) is 5.32. The zero-order valence-electron chi connectivity index (χ0n) is 18.5. The molecule has 0 aromatic rings. The molecule has 4 atom stereocenters. The molecule has 0 N–H and O–H groups in total. The van der Waals surface area contributed by atoms with Gasteiger partial charge in [0.2, 0.25) is 0 Å². The van der Waals surface area contributed by atoms with Crippen LogP contribution in [0.1, 0.15) is 47.5 Å². The highest BCUT2D eigenvalue weighted by molar-refractivity contribution is 5.02. The molecule has 0 radical (unpaired) electrons. The molecule has 170 valence electrons. The first-order valence-electron chi connectivity index (χ1n) is 11.1. The highest BCUT2D eigenvalue weighted by Gasteiger charge is 2.47.